The molecule has 22 heavy (non-hydrogen) atoms. The highest BCUT2D eigenvalue weighted by atomic mass is 32.1. The van der Waals surface area contributed by atoms with E-state index in [1.54, 1.807) is 6.07 Å². The lowest BCUT2D eigenvalue weighted by Crippen LogP contribution is -2.24. The fraction of sp³-hybridized carbons (Fsp3) is 0.286. The number of nitrogens with one attached hydrogen (secondary N) is 1. The molecular formula is C14H16N4O3S. The fourth-order valence-electron chi connectivity index (χ4n) is 2.05. The minimum atomic E-state index is -0.513. The molecule has 0 unspecified atom stereocenters. The molecule has 0 aliphatic carbocycles. The summed E-state index contributed by atoms with van der Waals surface area (Å²) in [7, 11) is 3.32. The highest BCUT2D eigenvalue weighted by molar-refractivity contribution is 7.09. The Labute approximate surface area is 131 Å². The van der Waals surface area contributed by atoms with E-state index in [0.29, 0.717) is 12.2 Å². The molecule has 2 rings (SSSR count). The van der Waals surface area contributed by atoms with E-state index in [9.17, 15) is 14.9 Å². The summed E-state index contributed by atoms with van der Waals surface area (Å²) in [6.07, 6.45) is 0. The Hall–Kier alpha value is -2.48. The molecule has 116 valence electrons. The molecule has 0 radical (unpaired) electrons. The Kier molecular flexibility index (Phi) is 4.71. The van der Waals surface area contributed by atoms with E-state index in [4.69, 9.17) is 0 Å². The van der Waals surface area contributed by atoms with Gasteiger partial charge in [0.15, 0.2) is 0 Å². The standard InChI is InChI=1S/C14H16N4O3S/c1-9-8-22-13(16-9)7-17(3)12-5-4-10(18(20)21)6-11(12)14(19)15-2/h4-6,8H,7H2,1-3H3,(H,15,19). The van der Waals surface area contributed by atoms with Gasteiger partial charge in [-0.05, 0) is 13.0 Å². The molecule has 0 saturated heterocycles. The predicted octanol–water partition coefficient (Wildman–Crippen LogP) is 2.36. The summed E-state index contributed by atoms with van der Waals surface area (Å²) in [5.41, 5.74) is 1.73. The molecule has 0 bridgehead atoms. The number of aromatic nitrogens is 1. The minimum absolute atomic E-state index is 0.110. The summed E-state index contributed by atoms with van der Waals surface area (Å²) in [5.74, 6) is -0.360. The van der Waals surface area contributed by atoms with Gasteiger partial charge in [0.05, 0.1) is 22.7 Å². The molecule has 0 spiro atoms. The number of aryl methyl sites for hydroxylation is 1. The van der Waals surface area contributed by atoms with E-state index in [-0.39, 0.29) is 17.2 Å². The van der Waals surface area contributed by atoms with Gasteiger partial charge in [0, 0.05) is 37.3 Å². The van der Waals surface area contributed by atoms with Crippen molar-refractivity contribution in [3.63, 3.8) is 0 Å². The third kappa shape index (κ3) is 3.40. The zero-order chi connectivity index (χ0) is 16.3. The van der Waals surface area contributed by atoms with Crippen LogP contribution in [-0.4, -0.2) is 29.9 Å². The van der Waals surface area contributed by atoms with Crippen molar-refractivity contribution in [2.24, 2.45) is 0 Å². The van der Waals surface area contributed by atoms with Crippen molar-refractivity contribution in [2.45, 2.75) is 13.5 Å². The second-order valence-electron chi connectivity index (χ2n) is 4.78. The molecule has 7 nitrogen and oxygen atoms in total. The number of hydrogen-bond acceptors (Lipinski definition) is 6. The summed E-state index contributed by atoms with van der Waals surface area (Å²) >= 11 is 1.54. The van der Waals surface area contributed by atoms with Crippen LogP contribution in [-0.2, 0) is 6.54 Å². The SMILES string of the molecule is CNC(=O)c1cc([N+](=O)[O-])ccc1N(C)Cc1nc(C)cs1. The number of hydrogen-bond donors (Lipinski definition) is 1. The molecule has 0 saturated carbocycles. The second kappa shape index (κ2) is 6.52. The van der Waals surface area contributed by atoms with Crippen molar-refractivity contribution in [3.05, 3.63) is 50.0 Å². The van der Waals surface area contributed by atoms with Gasteiger partial charge < -0.3 is 10.2 Å². The number of carbonyl (C=O) groups excluding carboxylic acids is 1. The van der Waals surface area contributed by atoms with E-state index in [1.165, 1.54) is 30.5 Å². The lowest BCUT2D eigenvalue weighted by Gasteiger charge is -2.20. The van der Waals surface area contributed by atoms with Gasteiger partial charge in [-0.15, -0.1) is 11.3 Å². The predicted molar refractivity (Wildman–Crippen MR) is 85.4 cm³/mol. The largest absolute Gasteiger partial charge is 0.367 e. The van der Waals surface area contributed by atoms with Crippen molar-refractivity contribution >= 4 is 28.6 Å². The Bertz CT molecular complexity index is 714. The summed E-state index contributed by atoms with van der Waals surface area (Å²) in [4.78, 5) is 28.6. The minimum Gasteiger partial charge on any atom is -0.367 e. The third-order valence-electron chi connectivity index (χ3n) is 3.11. The molecule has 0 aliphatic rings. The highest BCUT2D eigenvalue weighted by Crippen LogP contribution is 2.26. The van der Waals surface area contributed by atoms with Crippen molar-refractivity contribution in [3.8, 4) is 0 Å². The first-order valence-electron chi connectivity index (χ1n) is 6.55. The van der Waals surface area contributed by atoms with Crippen LogP contribution in [0.4, 0.5) is 11.4 Å². The number of amides is 1. The van der Waals surface area contributed by atoms with E-state index < -0.39 is 4.92 Å². The molecule has 2 aromatic rings. The summed E-state index contributed by atoms with van der Waals surface area (Å²) < 4.78 is 0. The first kappa shape index (κ1) is 15.9. The zero-order valence-corrected chi connectivity index (χ0v) is 13.3. The Morgan fingerprint density at radius 3 is 2.77 bits per heavy atom. The Morgan fingerprint density at radius 1 is 1.50 bits per heavy atom. The maximum absolute atomic E-state index is 12.0. The third-order valence-corrected chi connectivity index (χ3v) is 4.06. The topological polar surface area (TPSA) is 88.4 Å². The van der Waals surface area contributed by atoms with Gasteiger partial charge >= 0.3 is 0 Å². The second-order valence-corrected chi connectivity index (χ2v) is 5.72. The Balaban J connectivity index is 2.35. The molecule has 8 heteroatoms. The number of non-ortho nitro benzene ring substituents is 1. The van der Waals surface area contributed by atoms with Crippen LogP contribution in [0, 0.1) is 17.0 Å². The van der Waals surface area contributed by atoms with E-state index >= 15 is 0 Å². The normalized spacial score (nSPS) is 10.3. The molecule has 0 aliphatic heterocycles. The van der Waals surface area contributed by atoms with Gasteiger partial charge in [-0.1, -0.05) is 0 Å². The Morgan fingerprint density at radius 2 is 2.23 bits per heavy atom. The van der Waals surface area contributed by atoms with E-state index in [1.807, 2.05) is 24.3 Å². The molecule has 0 fully saturated rings. The summed E-state index contributed by atoms with van der Waals surface area (Å²) in [6.45, 7) is 2.45. The monoisotopic (exact) mass is 320 g/mol. The average molecular weight is 320 g/mol. The van der Waals surface area contributed by atoms with Gasteiger partial charge in [0.25, 0.3) is 11.6 Å². The summed E-state index contributed by atoms with van der Waals surface area (Å²) in [6, 6.07) is 4.27. The maximum atomic E-state index is 12.0. The highest BCUT2D eigenvalue weighted by Gasteiger charge is 2.18. The van der Waals surface area contributed by atoms with Crippen LogP contribution in [0.25, 0.3) is 0 Å². The number of anilines is 1. The number of nitro benzene ring substituents is 1. The molecule has 0 atom stereocenters. The van der Waals surface area contributed by atoms with Crippen molar-refractivity contribution < 1.29 is 9.72 Å². The first-order valence-corrected chi connectivity index (χ1v) is 7.43. The smallest absolute Gasteiger partial charge is 0.270 e. The van der Waals surface area contributed by atoms with Crippen molar-refractivity contribution in [1.29, 1.82) is 0 Å². The number of rotatable bonds is 5. The first-order chi connectivity index (χ1) is 10.4. The average Bonchev–Trinajstić information content (AvgIpc) is 2.90. The molecule has 1 aromatic heterocycles. The van der Waals surface area contributed by atoms with Gasteiger partial charge in [-0.25, -0.2) is 4.98 Å². The lowest BCUT2D eigenvalue weighted by atomic mass is 10.1. The molecule has 1 amide bonds. The number of nitrogens with zero attached hydrogens (tertiary/aromatic N) is 3. The number of carbonyl (C=O) groups is 1. The molecule has 1 aromatic carbocycles. The lowest BCUT2D eigenvalue weighted by molar-refractivity contribution is -0.384. The van der Waals surface area contributed by atoms with Crippen molar-refractivity contribution in [2.75, 3.05) is 19.0 Å². The number of thiazole rings is 1. The van der Waals surface area contributed by atoms with E-state index in [2.05, 4.69) is 10.3 Å². The van der Waals surface area contributed by atoms with Crippen LogP contribution < -0.4 is 10.2 Å². The quantitative estimate of drug-likeness (QED) is 0.675. The number of nitro groups is 1. The van der Waals surface area contributed by atoms with Crippen molar-refractivity contribution in [1.82, 2.24) is 10.3 Å². The maximum Gasteiger partial charge on any atom is 0.270 e. The van der Waals surface area contributed by atoms with Gasteiger partial charge in [0.1, 0.15) is 5.01 Å². The van der Waals surface area contributed by atoms with Crippen LogP contribution in [0.15, 0.2) is 23.6 Å². The van der Waals surface area contributed by atoms with Gasteiger partial charge in [0.2, 0.25) is 0 Å². The number of benzene rings is 1. The van der Waals surface area contributed by atoms with E-state index in [0.717, 1.165) is 10.7 Å². The van der Waals surface area contributed by atoms with Crippen LogP contribution in [0.2, 0.25) is 0 Å². The van der Waals surface area contributed by atoms with Crippen LogP contribution in [0.3, 0.4) is 0 Å². The van der Waals surface area contributed by atoms with Crippen LogP contribution in [0.1, 0.15) is 21.1 Å². The fourth-order valence-corrected chi connectivity index (χ4v) is 2.87. The van der Waals surface area contributed by atoms with Gasteiger partial charge in [-0.2, -0.15) is 0 Å². The zero-order valence-electron chi connectivity index (χ0n) is 12.5. The van der Waals surface area contributed by atoms with Crippen LogP contribution >= 0.6 is 11.3 Å². The molecule has 1 heterocycles. The van der Waals surface area contributed by atoms with Crippen LogP contribution in [0.5, 0.6) is 0 Å². The molecular weight excluding hydrogens is 304 g/mol. The van der Waals surface area contributed by atoms with Gasteiger partial charge in [-0.3, -0.25) is 14.9 Å². The summed E-state index contributed by atoms with van der Waals surface area (Å²) in [5, 5.41) is 16.3. The molecule has 1 N–H and O–H groups in total.